The predicted octanol–water partition coefficient (Wildman–Crippen LogP) is 2.06. The lowest BCUT2D eigenvalue weighted by atomic mass is 9.86. The second-order valence-corrected chi connectivity index (χ2v) is 5.86. The maximum atomic E-state index is 12.1. The van der Waals surface area contributed by atoms with Crippen LogP contribution in [-0.4, -0.2) is 15.7 Å². The number of nitrogens with zero attached hydrogens (tertiary/aromatic N) is 3. The maximum absolute atomic E-state index is 12.1. The lowest BCUT2D eigenvalue weighted by molar-refractivity contribution is -0.117. The molecule has 1 amide bonds. The molecule has 2 saturated carbocycles. The van der Waals surface area contributed by atoms with Crippen molar-refractivity contribution in [3.05, 3.63) is 11.8 Å². The number of hydrogen-bond acceptors (Lipinski definition) is 3. The third-order valence-electron chi connectivity index (χ3n) is 4.54. The molecule has 100 valence electrons. The van der Waals surface area contributed by atoms with Crippen LogP contribution in [0, 0.1) is 29.1 Å². The van der Waals surface area contributed by atoms with E-state index in [1.807, 2.05) is 6.07 Å². The molecule has 0 spiro atoms. The summed E-state index contributed by atoms with van der Waals surface area (Å²) < 4.78 is 1.55. The summed E-state index contributed by atoms with van der Waals surface area (Å²) in [6.45, 7) is 0. The molecule has 2 fully saturated rings. The lowest BCUT2D eigenvalue weighted by Gasteiger charge is -2.20. The van der Waals surface area contributed by atoms with E-state index in [1.165, 1.54) is 25.7 Å². The minimum Gasteiger partial charge on any atom is -0.308 e. The summed E-state index contributed by atoms with van der Waals surface area (Å²) in [4.78, 5) is 12.1. The summed E-state index contributed by atoms with van der Waals surface area (Å²) in [6.07, 6.45) is 7.34. The van der Waals surface area contributed by atoms with Crippen LogP contribution in [0.2, 0.25) is 0 Å². The molecule has 1 aromatic rings. The fourth-order valence-corrected chi connectivity index (χ4v) is 3.71. The van der Waals surface area contributed by atoms with Gasteiger partial charge in [0.1, 0.15) is 11.6 Å². The van der Waals surface area contributed by atoms with Gasteiger partial charge in [-0.3, -0.25) is 9.48 Å². The highest BCUT2D eigenvalue weighted by molar-refractivity contribution is 5.91. The van der Waals surface area contributed by atoms with E-state index in [4.69, 9.17) is 5.26 Å². The normalized spacial score (nSPS) is 28.3. The summed E-state index contributed by atoms with van der Waals surface area (Å²) in [6, 6.07) is 2.04. The van der Waals surface area contributed by atoms with Crippen LogP contribution in [0.3, 0.4) is 0 Å². The standard InChI is InChI=1S/C14H18N4O/c1-18-8-12(7-15)14(17-18)16-13(19)6-11-5-9-2-3-10(11)4-9/h8-11H,2-6H2,1H3,(H,16,17,19). The number of anilines is 1. The molecule has 5 nitrogen and oxygen atoms in total. The van der Waals surface area contributed by atoms with E-state index < -0.39 is 0 Å². The van der Waals surface area contributed by atoms with Gasteiger partial charge in [-0.25, -0.2) is 0 Å². The Hall–Kier alpha value is -1.83. The number of aryl methyl sites for hydroxylation is 1. The first-order chi connectivity index (χ1) is 9.15. The second kappa shape index (κ2) is 4.69. The monoisotopic (exact) mass is 258 g/mol. The molecule has 2 bridgehead atoms. The van der Waals surface area contributed by atoms with Crippen molar-refractivity contribution in [1.29, 1.82) is 5.26 Å². The van der Waals surface area contributed by atoms with Crippen LogP contribution in [-0.2, 0) is 11.8 Å². The van der Waals surface area contributed by atoms with Crippen molar-refractivity contribution in [2.75, 3.05) is 5.32 Å². The molecule has 1 N–H and O–H groups in total. The number of fused-ring (bicyclic) bond motifs is 2. The Labute approximate surface area is 112 Å². The van der Waals surface area contributed by atoms with Crippen LogP contribution >= 0.6 is 0 Å². The predicted molar refractivity (Wildman–Crippen MR) is 70.1 cm³/mol. The highest BCUT2D eigenvalue weighted by atomic mass is 16.1. The molecule has 1 heterocycles. The van der Waals surface area contributed by atoms with Gasteiger partial charge in [-0.1, -0.05) is 6.42 Å². The van der Waals surface area contributed by atoms with Crippen molar-refractivity contribution in [1.82, 2.24) is 9.78 Å². The van der Waals surface area contributed by atoms with Crippen LogP contribution in [0.5, 0.6) is 0 Å². The number of rotatable bonds is 3. The Morgan fingerprint density at radius 3 is 3.05 bits per heavy atom. The Morgan fingerprint density at radius 2 is 2.42 bits per heavy atom. The van der Waals surface area contributed by atoms with Crippen LogP contribution in [0.1, 0.15) is 37.7 Å². The van der Waals surface area contributed by atoms with Crippen LogP contribution < -0.4 is 5.32 Å². The van der Waals surface area contributed by atoms with Gasteiger partial charge in [-0.15, -0.1) is 0 Å². The minimum atomic E-state index is -0.00671. The number of carbonyl (C=O) groups is 1. The average Bonchev–Trinajstić information content (AvgIpc) is 3.04. The minimum absolute atomic E-state index is 0.00671. The van der Waals surface area contributed by atoms with E-state index in [9.17, 15) is 4.79 Å². The third-order valence-corrected chi connectivity index (χ3v) is 4.54. The van der Waals surface area contributed by atoms with E-state index in [0.717, 1.165) is 11.8 Å². The molecule has 2 aliphatic rings. The zero-order valence-corrected chi connectivity index (χ0v) is 11.1. The molecule has 0 aliphatic heterocycles. The zero-order chi connectivity index (χ0) is 13.4. The number of hydrogen-bond donors (Lipinski definition) is 1. The smallest absolute Gasteiger partial charge is 0.225 e. The molecule has 0 radical (unpaired) electrons. The molecule has 19 heavy (non-hydrogen) atoms. The number of nitriles is 1. The Bertz CT molecular complexity index is 542. The van der Waals surface area contributed by atoms with Gasteiger partial charge in [0, 0.05) is 19.7 Å². The fraction of sp³-hybridized carbons (Fsp3) is 0.643. The van der Waals surface area contributed by atoms with Crippen LogP contribution in [0.15, 0.2) is 6.20 Å². The second-order valence-electron chi connectivity index (χ2n) is 5.86. The van der Waals surface area contributed by atoms with Crippen molar-refractivity contribution in [3.63, 3.8) is 0 Å². The van der Waals surface area contributed by atoms with E-state index in [1.54, 1.807) is 17.9 Å². The number of nitrogens with one attached hydrogen (secondary N) is 1. The average molecular weight is 258 g/mol. The summed E-state index contributed by atoms with van der Waals surface area (Å²) in [5.74, 6) is 2.51. The summed E-state index contributed by atoms with van der Waals surface area (Å²) >= 11 is 0. The van der Waals surface area contributed by atoms with Gasteiger partial charge >= 0.3 is 0 Å². The molecule has 3 unspecified atom stereocenters. The number of aromatic nitrogens is 2. The van der Waals surface area contributed by atoms with E-state index in [0.29, 0.717) is 23.7 Å². The van der Waals surface area contributed by atoms with Crippen LogP contribution in [0.25, 0.3) is 0 Å². The quantitative estimate of drug-likeness (QED) is 0.902. The third kappa shape index (κ3) is 2.35. The van der Waals surface area contributed by atoms with Crippen molar-refractivity contribution < 1.29 is 4.79 Å². The van der Waals surface area contributed by atoms with Gasteiger partial charge < -0.3 is 5.32 Å². The first-order valence-electron chi connectivity index (χ1n) is 6.89. The first kappa shape index (κ1) is 12.2. The SMILES string of the molecule is Cn1cc(C#N)c(NC(=O)CC2CC3CCC2C3)n1. The molecular weight excluding hydrogens is 240 g/mol. The molecule has 5 heteroatoms. The fourth-order valence-electron chi connectivity index (χ4n) is 3.71. The van der Waals surface area contributed by atoms with Crippen molar-refractivity contribution in [3.8, 4) is 6.07 Å². The lowest BCUT2D eigenvalue weighted by Crippen LogP contribution is -2.20. The first-order valence-corrected chi connectivity index (χ1v) is 6.89. The van der Waals surface area contributed by atoms with Gasteiger partial charge in [0.25, 0.3) is 0 Å². The van der Waals surface area contributed by atoms with E-state index >= 15 is 0 Å². The largest absolute Gasteiger partial charge is 0.308 e. The number of carbonyl (C=O) groups excluding carboxylic acids is 1. The summed E-state index contributed by atoms with van der Waals surface area (Å²) in [5.41, 5.74) is 0.420. The topological polar surface area (TPSA) is 70.7 Å². The van der Waals surface area contributed by atoms with Crippen molar-refractivity contribution in [2.24, 2.45) is 24.8 Å². The molecule has 0 saturated heterocycles. The van der Waals surface area contributed by atoms with Gasteiger partial charge in [0.15, 0.2) is 5.82 Å². The van der Waals surface area contributed by atoms with Crippen LogP contribution in [0.4, 0.5) is 5.82 Å². The van der Waals surface area contributed by atoms with Gasteiger partial charge in [-0.05, 0) is 37.0 Å². The van der Waals surface area contributed by atoms with Gasteiger partial charge in [-0.2, -0.15) is 10.4 Å². The maximum Gasteiger partial charge on any atom is 0.225 e. The highest BCUT2D eigenvalue weighted by Crippen LogP contribution is 2.49. The molecule has 3 rings (SSSR count). The molecule has 2 aliphatic carbocycles. The summed E-state index contributed by atoms with van der Waals surface area (Å²) in [5, 5.41) is 15.8. The van der Waals surface area contributed by atoms with E-state index in [-0.39, 0.29) is 5.91 Å². The highest BCUT2D eigenvalue weighted by Gasteiger charge is 2.40. The van der Waals surface area contributed by atoms with Gasteiger partial charge in [0.2, 0.25) is 5.91 Å². The molecular formula is C14H18N4O. The molecule has 0 aromatic carbocycles. The van der Waals surface area contributed by atoms with Gasteiger partial charge in [0.05, 0.1) is 0 Å². The Morgan fingerprint density at radius 1 is 1.58 bits per heavy atom. The zero-order valence-electron chi connectivity index (χ0n) is 11.1. The van der Waals surface area contributed by atoms with Crippen molar-refractivity contribution >= 4 is 11.7 Å². The van der Waals surface area contributed by atoms with Crippen molar-refractivity contribution in [2.45, 2.75) is 32.1 Å². The molecule has 3 atom stereocenters. The summed E-state index contributed by atoms with van der Waals surface area (Å²) in [7, 11) is 1.74. The number of amides is 1. The Balaban J connectivity index is 1.61. The molecule has 1 aromatic heterocycles. The van der Waals surface area contributed by atoms with E-state index in [2.05, 4.69) is 10.4 Å². The Kier molecular flexibility index (Phi) is 3.02.